The van der Waals surface area contributed by atoms with Gasteiger partial charge < -0.3 is 9.47 Å². The van der Waals surface area contributed by atoms with Gasteiger partial charge in [0.15, 0.2) is 11.0 Å². The van der Waals surface area contributed by atoms with Gasteiger partial charge in [0.2, 0.25) is 5.91 Å². The maximum absolute atomic E-state index is 12.6. The predicted octanol–water partition coefficient (Wildman–Crippen LogP) is 3.63. The maximum Gasteiger partial charge on any atom is 0.233 e. The highest BCUT2D eigenvalue weighted by Gasteiger charge is 2.23. The second-order valence-electron chi connectivity index (χ2n) is 6.76. The van der Waals surface area contributed by atoms with E-state index in [-0.39, 0.29) is 5.91 Å². The monoisotopic (exact) mass is 373 g/mol. The fourth-order valence-corrected chi connectivity index (χ4v) is 4.29. The predicted molar refractivity (Wildman–Crippen MR) is 104 cm³/mol. The third-order valence-electron chi connectivity index (χ3n) is 4.90. The summed E-state index contributed by atoms with van der Waals surface area (Å²) in [6.45, 7) is 2.94. The number of hydrogen-bond acceptors (Lipinski definition) is 5. The molecule has 6 nitrogen and oxygen atoms in total. The summed E-state index contributed by atoms with van der Waals surface area (Å²) in [5, 5.41) is 9.43. The Morgan fingerprint density at radius 1 is 1.27 bits per heavy atom. The molecule has 1 amide bonds. The highest BCUT2D eigenvalue weighted by Crippen LogP contribution is 2.25. The number of nitrogens with zero attached hydrogens (tertiary/aromatic N) is 5. The van der Waals surface area contributed by atoms with Crippen LogP contribution in [0.25, 0.3) is 11.5 Å². The van der Waals surface area contributed by atoms with Crippen LogP contribution in [0.5, 0.6) is 0 Å². The van der Waals surface area contributed by atoms with Crippen molar-refractivity contribution in [2.75, 3.05) is 12.8 Å². The molecule has 0 saturated heterocycles. The minimum atomic E-state index is 0.173. The third kappa shape index (κ3) is 4.44. The molecule has 0 spiro atoms. The molecule has 1 aliphatic carbocycles. The smallest absolute Gasteiger partial charge is 0.233 e. The maximum atomic E-state index is 12.6. The van der Waals surface area contributed by atoms with E-state index < -0.39 is 0 Å². The van der Waals surface area contributed by atoms with Gasteiger partial charge in [-0.05, 0) is 31.4 Å². The van der Waals surface area contributed by atoms with Crippen LogP contribution in [-0.2, 0) is 11.3 Å². The summed E-state index contributed by atoms with van der Waals surface area (Å²) in [5.74, 6) is 1.34. The summed E-state index contributed by atoms with van der Waals surface area (Å²) in [6, 6.07) is 6.17. The lowest BCUT2D eigenvalue weighted by molar-refractivity contribution is -0.129. The largest absolute Gasteiger partial charge is 0.342 e. The molecule has 26 heavy (non-hydrogen) atoms. The van der Waals surface area contributed by atoms with E-state index in [0.717, 1.165) is 42.5 Å². The fourth-order valence-electron chi connectivity index (χ4n) is 3.41. The van der Waals surface area contributed by atoms with Crippen molar-refractivity contribution >= 4 is 17.7 Å². The lowest BCUT2D eigenvalue weighted by atomic mass is 9.94. The summed E-state index contributed by atoms with van der Waals surface area (Å²) in [7, 11) is 1.94. The van der Waals surface area contributed by atoms with Crippen molar-refractivity contribution in [1.29, 1.82) is 0 Å². The Balaban J connectivity index is 1.67. The Hall–Kier alpha value is -1.89. The van der Waals surface area contributed by atoms with Crippen LogP contribution in [0.3, 0.4) is 0 Å². The van der Waals surface area contributed by atoms with Gasteiger partial charge >= 0.3 is 0 Å². The molecule has 1 aliphatic rings. The van der Waals surface area contributed by atoms with Crippen LogP contribution < -0.4 is 0 Å². The number of aromatic nitrogens is 4. The second-order valence-corrected chi connectivity index (χ2v) is 7.70. The van der Waals surface area contributed by atoms with Gasteiger partial charge in [-0.2, -0.15) is 0 Å². The van der Waals surface area contributed by atoms with Crippen LogP contribution >= 0.6 is 11.8 Å². The molecular weight excluding hydrogens is 346 g/mol. The fraction of sp³-hybridized carbons (Fsp3) is 0.579. The van der Waals surface area contributed by atoms with Gasteiger partial charge in [-0.1, -0.05) is 44.0 Å². The van der Waals surface area contributed by atoms with Gasteiger partial charge in [0.1, 0.15) is 5.69 Å². The molecule has 0 N–H and O–H groups in total. The first-order valence-electron chi connectivity index (χ1n) is 9.43. The number of amides is 1. The zero-order chi connectivity index (χ0) is 18.4. The topological polar surface area (TPSA) is 63.9 Å². The first-order chi connectivity index (χ1) is 12.7. The zero-order valence-corrected chi connectivity index (χ0v) is 16.4. The van der Waals surface area contributed by atoms with Crippen LogP contribution in [0.2, 0.25) is 0 Å². The van der Waals surface area contributed by atoms with Gasteiger partial charge in [0.05, 0.1) is 5.75 Å². The number of hydrogen-bond donors (Lipinski definition) is 0. The minimum absolute atomic E-state index is 0.173. The second kappa shape index (κ2) is 9.16. The van der Waals surface area contributed by atoms with E-state index in [1.807, 2.05) is 30.1 Å². The number of carbonyl (C=O) groups excluding carboxylic acids is 1. The van der Waals surface area contributed by atoms with Crippen LogP contribution in [0.15, 0.2) is 29.6 Å². The van der Waals surface area contributed by atoms with E-state index >= 15 is 0 Å². The van der Waals surface area contributed by atoms with Gasteiger partial charge in [-0.15, -0.1) is 10.2 Å². The molecule has 0 aliphatic heterocycles. The summed E-state index contributed by atoms with van der Waals surface area (Å²) in [5.41, 5.74) is 0.811. The Morgan fingerprint density at radius 3 is 2.77 bits per heavy atom. The number of rotatable bonds is 7. The summed E-state index contributed by atoms with van der Waals surface area (Å²) in [6.07, 6.45) is 8.74. The third-order valence-corrected chi connectivity index (χ3v) is 5.85. The van der Waals surface area contributed by atoms with Crippen molar-refractivity contribution in [3.05, 3.63) is 24.4 Å². The zero-order valence-electron chi connectivity index (χ0n) is 15.6. The van der Waals surface area contributed by atoms with Crippen molar-refractivity contribution < 1.29 is 4.79 Å². The van der Waals surface area contributed by atoms with Gasteiger partial charge in [-0.25, -0.2) is 0 Å². The van der Waals surface area contributed by atoms with E-state index in [4.69, 9.17) is 0 Å². The molecule has 2 heterocycles. The number of pyridine rings is 1. The average molecular weight is 374 g/mol. The van der Waals surface area contributed by atoms with Crippen molar-refractivity contribution in [1.82, 2.24) is 24.6 Å². The van der Waals surface area contributed by atoms with E-state index in [9.17, 15) is 4.79 Å². The van der Waals surface area contributed by atoms with Crippen molar-refractivity contribution in [3.8, 4) is 11.5 Å². The van der Waals surface area contributed by atoms with Crippen molar-refractivity contribution in [3.63, 3.8) is 0 Å². The molecule has 0 atom stereocenters. The molecule has 3 rings (SSSR count). The number of carbonyl (C=O) groups is 1. The van der Waals surface area contributed by atoms with Gasteiger partial charge in [0.25, 0.3) is 0 Å². The molecular formula is C19H27N5OS. The molecule has 0 unspecified atom stereocenters. The Labute approximate surface area is 159 Å². The number of thioether (sulfide) groups is 1. The first kappa shape index (κ1) is 18.9. The van der Waals surface area contributed by atoms with Crippen molar-refractivity contribution in [2.24, 2.45) is 0 Å². The van der Waals surface area contributed by atoms with Gasteiger partial charge in [0, 0.05) is 25.8 Å². The Bertz CT molecular complexity index is 712. The van der Waals surface area contributed by atoms with E-state index in [1.54, 1.807) is 6.20 Å². The first-order valence-corrected chi connectivity index (χ1v) is 10.4. The molecule has 1 fully saturated rings. The van der Waals surface area contributed by atoms with Crippen LogP contribution in [-0.4, -0.2) is 49.4 Å². The molecule has 2 aromatic heterocycles. The van der Waals surface area contributed by atoms with Crippen LogP contribution in [0, 0.1) is 0 Å². The molecule has 0 aromatic carbocycles. The molecule has 2 aromatic rings. The summed E-state index contributed by atoms with van der Waals surface area (Å²) >= 11 is 1.47. The highest BCUT2D eigenvalue weighted by molar-refractivity contribution is 7.99. The molecule has 1 saturated carbocycles. The lowest BCUT2D eigenvalue weighted by Crippen LogP contribution is -2.39. The summed E-state index contributed by atoms with van der Waals surface area (Å²) in [4.78, 5) is 18.9. The lowest BCUT2D eigenvalue weighted by Gasteiger charge is -2.31. The van der Waals surface area contributed by atoms with Crippen LogP contribution in [0.4, 0.5) is 0 Å². The standard InChI is InChI=1S/C19H27N5OS/c1-3-13-24-18(16-11-7-8-12-20-16)21-22-19(24)26-14-17(25)23(2)15-9-5-4-6-10-15/h7-8,11-12,15H,3-6,9-10,13-14H2,1-2H3. The van der Waals surface area contributed by atoms with Gasteiger partial charge in [-0.3, -0.25) is 9.78 Å². The van der Waals surface area contributed by atoms with E-state index in [1.165, 1.54) is 31.0 Å². The van der Waals surface area contributed by atoms with Crippen LogP contribution in [0.1, 0.15) is 45.4 Å². The quantitative estimate of drug-likeness (QED) is 0.694. The summed E-state index contributed by atoms with van der Waals surface area (Å²) < 4.78 is 2.07. The molecule has 0 radical (unpaired) electrons. The highest BCUT2D eigenvalue weighted by atomic mass is 32.2. The molecule has 140 valence electrons. The van der Waals surface area contributed by atoms with E-state index in [2.05, 4.69) is 26.7 Å². The van der Waals surface area contributed by atoms with E-state index in [0.29, 0.717) is 11.8 Å². The SMILES string of the molecule is CCCn1c(SCC(=O)N(C)C2CCCCC2)nnc1-c1ccccn1. The Morgan fingerprint density at radius 2 is 2.08 bits per heavy atom. The Kier molecular flexibility index (Phi) is 6.66. The normalized spacial score (nSPS) is 15.2. The minimum Gasteiger partial charge on any atom is -0.342 e. The average Bonchev–Trinajstić information content (AvgIpc) is 3.10. The molecule has 0 bridgehead atoms. The molecule has 7 heteroatoms. The van der Waals surface area contributed by atoms with Crippen molar-refractivity contribution in [2.45, 2.75) is 63.2 Å².